The molecule has 2 aromatic rings. The summed E-state index contributed by atoms with van der Waals surface area (Å²) in [7, 11) is 0. The molecule has 0 aliphatic carbocycles. The van der Waals surface area contributed by atoms with E-state index in [1.807, 2.05) is 6.07 Å². The van der Waals surface area contributed by atoms with Gasteiger partial charge in [-0.2, -0.15) is 0 Å². The average Bonchev–Trinajstić information content (AvgIpc) is 3.16. The molecule has 2 atom stereocenters. The van der Waals surface area contributed by atoms with Crippen molar-refractivity contribution in [2.75, 3.05) is 19.9 Å². The van der Waals surface area contributed by atoms with Crippen LogP contribution in [0.4, 0.5) is 0 Å². The Labute approximate surface area is 174 Å². The van der Waals surface area contributed by atoms with Crippen molar-refractivity contribution in [1.29, 1.82) is 0 Å². The van der Waals surface area contributed by atoms with Crippen LogP contribution < -0.4 is 14.8 Å². The van der Waals surface area contributed by atoms with Crippen LogP contribution in [0.5, 0.6) is 11.5 Å². The lowest BCUT2D eigenvalue weighted by Gasteiger charge is -2.39. The Kier molecular flexibility index (Phi) is 6.12. The molecule has 0 saturated carbocycles. The molecule has 2 heterocycles. The van der Waals surface area contributed by atoms with Crippen molar-refractivity contribution in [2.24, 2.45) is 5.92 Å². The first kappa shape index (κ1) is 20.2. The minimum atomic E-state index is -0.0220. The maximum absolute atomic E-state index is 5.98. The summed E-state index contributed by atoms with van der Waals surface area (Å²) in [6.07, 6.45) is 3.40. The van der Waals surface area contributed by atoms with Crippen molar-refractivity contribution in [3.63, 3.8) is 0 Å². The number of fused-ring (bicyclic) bond motifs is 1. The Bertz CT molecular complexity index is 815. The van der Waals surface area contributed by atoms with Crippen LogP contribution in [0.15, 0.2) is 42.5 Å². The molecule has 4 rings (SSSR count). The van der Waals surface area contributed by atoms with Gasteiger partial charge >= 0.3 is 0 Å². The maximum atomic E-state index is 5.98. The lowest BCUT2D eigenvalue weighted by molar-refractivity contribution is -0.0771. The van der Waals surface area contributed by atoms with E-state index in [0.717, 1.165) is 50.5 Å². The molecule has 0 radical (unpaired) electrons. The van der Waals surface area contributed by atoms with Crippen molar-refractivity contribution < 1.29 is 14.2 Å². The van der Waals surface area contributed by atoms with E-state index in [1.54, 1.807) is 0 Å². The predicted molar refractivity (Wildman–Crippen MR) is 116 cm³/mol. The number of hydrogen-bond acceptors (Lipinski definition) is 4. The molecule has 0 amide bonds. The van der Waals surface area contributed by atoms with Crippen LogP contribution in [-0.4, -0.2) is 25.5 Å². The van der Waals surface area contributed by atoms with Crippen molar-refractivity contribution in [3.8, 4) is 11.5 Å². The van der Waals surface area contributed by atoms with E-state index in [2.05, 4.69) is 62.5 Å². The summed E-state index contributed by atoms with van der Waals surface area (Å²) in [5.41, 5.74) is 3.99. The zero-order valence-electron chi connectivity index (χ0n) is 17.9. The highest BCUT2D eigenvalue weighted by molar-refractivity contribution is 5.44. The summed E-state index contributed by atoms with van der Waals surface area (Å²) >= 11 is 0. The number of nitrogens with one attached hydrogen (secondary N) is 1. The number of ether oxygens (including phenoxy) is 3. The zero-order chi connectivity index (χ0) is 20.3. The highest BCUT2D eigenvalue weighted by Gasteiger charge is 2.33. The monoisotopic (exact) mass is 395 g/mol. The summed E-state index contributed by atoms with van der Waals surface area (Å²) in [6.45, 7) is 9.63. The number of aryl methyl sites for hydroxylation is 1. The van der Waals surface area contributed by atoms with E-state index in [4.69, 9.17) is 14.2 Å². The second kappa shape index (κ2) is 8.76. The summed E-state index contributed by atoms with van der Waals surface area (Å²) in [5, 5.41) is 3.64. The molecule has 2 aliphatic heterocycles. The van der Waals surface area contributed by atoms with Gasteiger partial charge in [-0.05, 0) is 81.7 Å². The lowest BCUT2D eigenvalue weighted by atomic mass is 9.75. The molecule has 2 unspecified atom stereocenters. The molecule has 4 nitrogen and oxygen atoms in total. The third-order valence-corrected chi connectivity index (χ3v) is 6.21. The standard InChI is InChI=1S/C25H33NO3/c1-18-4-7-20(8-5-18)22(21-11-13-29-25(2,3)15-21)10-12-26-16-19-6-9-23-24(14-19)28-17-27-23/h4-9,14,21-22,26H,10-13,15-17H2,1-3H3. The first-order valence-electron chi connectivity index (χ1n) is 10.8. The highest BCUT2D eigenvalue weighted by atomic mass is 16.7. The van der Waals surface area contributed by atoms with Crippen molar-refractivity contribution in [1.82, 2.24) is 5.32 Å². The van der Waals surface area contributed by atoms with Crippen LogP contribution in [0.3, 0.4) is 0 Å². The van der Waals surface area contributed by atoms with Crippen molar-refractivity contribution in [2.45, 2.75) is 58.1 Å². The quantitative estimate of drug-likeness (QED) is 0.655. The third kappa shape index (κ3) is 5.12. The second-order valence-electron chi connectivity index (χ2n) is 9.03. The van der Waals surface area contributed by atoms with Gasteiger partial charge in [0.2, 0.25) is 6.79 Å². The average molecular weight is 396 g/mol. The van der Waals surface area contributed by atoms with Crippen LogP contribution in [-0.2, 0) is 11.3 Å². The molecule has 4 heteroatoms. The lowest BCUT2D eigenvalue weighted by Crippen LogP contribution is -2.36. The SMILES string of the molecule is Cc1ccc(C(CCNCc2ccc3c(c2)OCO3)C2CCOC(C)(C)C2)cc1. The first-order chi connectivity index (χ1) is 14.0. The number of benzene rings is 2. The first-order valence-corrected chi connectivity index (χ1v) is 10.8. The van der Waals surface area contributed by atoms with Gasteiger partial charge in [0.25, 0.3) is 0 Å². The molecule has 0 bridgehead atoms. The Morgan fingerprint density at radius 2 is 1.86 bits per heavy atom. The normalized spacial score (nSPS) is 21.1. The molecular weight excluding hydrogens is 362 g/mol. The molecule has 156 valence electrons. The maximum Gasteiger partial charge on any atom is 0.231 e. The van der Waals surface area contributed by atoms with Gasteiger partial charge in [0, 0.05) is 13.2 Å². The Morgan fingerprint density at radius 3 is 2.66 bits per heavy atom. The van der Waals surface area contributed by atoms with Crippen LogP contribution in [0.2, 0.25) is 0 Å². The van der Waals surface area contributed by atoms with Crippen LogP contribution in [0, 0.1) is 12.8 Å². The Morgan fingerprint density at radius 1 is 1.07 bits per heavy atom. The zero-order valence-corrected chi connectivity index (χ0v) is 17.9. The number of hydrogen-bond donors (Lipinski definition) is 1. The fourth-order valence-corrected chi connectivity index (χ4v) is 4.65. The molecule has 2 aliphatic rings. The van der Waals surface area contributed by atoms with Crippen molar-refractivity contribution >= 4 is 0 Å². The summed E-state index contributed by atoms with van der Waals surface area (Å²) in [4.78, 5) is 0. The van der Waals surface area contributed by atoms with Gasteiger partial charge < -0.3 is 19.5 Å². The van der Waals surface area contributed by atoms with Crippen LogP contribution in [0.1, 0.15) is 55.7 Å². The Hall–Kier alpha value is -2.04. The molecular formula is C25H33NO3. The van der Waals surface area contributed by atoms with Crippen LogP contribution in [0.25, 0.3) is 0 Å². The largest absolute Gasteiger partial charge is 0.454 e. The van der Waals surface area contributed by atoms with E-state index in [0.29, 0.717) is 18.6 Å². The van der Waals surface area contributed by atoms with E-state index >= 15 is 0 Å². The van der Waals surface area contributed by atoms with Crippen LogP contribution >= 0.6 is 0 Å². The number of rotatable bonds is 7. The molecule has 1 fully saturated rings. The predicted octanol–water partition coefficient (Wildman–Crippen LogP) is 5.19. The van der Waals surface area contributed by atoms with E-state index < -0.39 is 0 Å². The molecule has 0 aromatic heterocycles. The van der Waals surface area contributed by atoms with Gasteiger partial charge in [0.1, 0.15) is 0 Å². The topological polar surface area (TPSA) is 39.7 Å². The van der Waals surface area contributed by atoms with E-state index in [1.165, 1.54) is 16.7 Å². The fourth-order valence-electron chi connectivity index (χ4n) is 4.65. The van der Waals surface area contributed by atoms with Gasteiger partial charge in [-0.25, -0.2) is 0 Å². The molecule has 1 N–H and O–H groups in total. The van der Waals surface area contributed by atoms with Gasteiger partial charge in [-0.1, -0.05) is 35.9 Å². The molecule has 0 spiro atoms. The summed E-state index contributed by atoms with van der Waals surface area (Å²) < 4.78 is 16.9. The summed E-state index contributed by atoms with van der Waals surface area (Å²) in [5.74, 6) is 2.92. The Balaban J connectivity index is 1.38. The minimum absolute atomic E-state index is 0.0220. The van der Waals surface area contributed by atoms with Gasteiger partial charge in [0.15, 0.2) is 11.5 Å². The van der Waals surface area contributed by atoms with E-state index in [9.17, 15) is 0 Å². The smallest absolute Gasteiger partial charge is 0.231 e. The second-order valence-corrected chi connectivity index (χ2v) is 9.03. The fraction of sp³-hybridized carbons (Fsp3) is 0.520. The van der Waals surface area contributed by atoms with Gasteiger partial charge in [-0.3, -0.25) is 0 Å². The molecule has 2 aromatic carbocycles. The minimum Gasteiger partial charge on any atom is -0.454 e. The molecule has 29 heavy (non-hydrogen) atoms. The van der Waals surface area contributed by atoms with Gasteiger partial charge in [0.05, 0.1) is 5.60 Å². The van der Waals surface area contributed by atoms with Gasteiger partial charge in [-0.15, -0.1) is 0 Å². The molecule has 1 saturated heterocycles. The summed E-state index contributed by atoms with van der Waals surface area (Å²) in [6, 6.07) is 15.3. The van der Waals surface area contributed by atoms with E-state index in [-0.39, 0.29) is 5.60 Å². The highest BCUT2D eigenvalue weighted by Crippen LogP contribution is 2.40. The van der Waals surface area contributed by atoms with Crippen molar-refractivity contribution in [3.05, 3.63) is 59.2 Å². The third-order valence-electron chi connectivity index (χ3n) is 6.21.